The highest BCUT2D eigenvalue weighted by molar-refractivity contribution is 7.98. The smallest absolute Gasteiger partial charge is 0.337 e. The Morgan fingerprint density at radius 1 is 1.16 bits per heavy atom. The normalized spacial score (nSPS) is 10.2. The molecule has 0 aromatic heterocycles. The van der Waals surface area contributed by atoms with Gasteiger partial charge in [-0.3, -0.25) is 0 Å². The number of rotatable bonds is 4. The zero-order valence-electron chi connectivity index (χ0n) is 11.1. The Balaban J connectivity index is 1.98. The van der Waals surface area contributed by atoms with E-state index < -0.39 is 0 Å². The van der Waals surface area contributed by atoms with Gasteiger partial charge in [-0.25, -0.2) is 4.79 Å². The minimum absolute atomic E-state index is 0.294. The molecule has 0 heterocycles. The average molecular weight is 272 g/mol. The third kappa shape index (κ3) is 3.86. The highest BCUT2D eigenvalue weighted by Crippen LogP contribution is 2.23. The molecular weight excluding hydrogens is 256 g/mol. The van der Waals surface area contributed by atoms with Crippen LogP contribution >= 0.6 is 11.8 Å². The van der Waals surface area contributed by atoms with Gasteiger partial charge >= 0.3 is 5.97 Å². The molecule has 98 valence electrons. The van der Waals surface area contributed by atoms with Crippen LogP contribution in [0.5, 0.6) is 0 Å². The van der Waals surface area contributed by atoms with Crippen molar-refractivity contribution in [2.45, 2.75) is 17.6 Å². The van der Waals surface area contributed by atoms with Gasteiger partial charge in [-0.15, -0.1) is 11.8 Å². The van der Waals surface area contributed by atoms with Crippen LogP contribution in [-0.4, -0.2) is 13.1 Å². The lowest BCUT2D eigenvalue weighted by atomic mass is 10.1. The van der Waals surface area contributed by atoms with E-state index in [0.717, 1.165) is 5.75 Å². The summed E-state index contributed by atoms with van der Waals surface area (Å²) < 4.78 is 4.67. The predicted octanol–water partition coefficient (Wildman–Crippen LogP) is 4.07. The van der Waals surface area contributed by atoms with Crippen LogP contribution in [0.25, 0.3) is 0 Å². The SMILES string of the molecule is COC(=O)c1ccc(CSc2cccc(C)c2)cc1. The van der Waals surface area contributed by atoms with Crippen molar-refractivity contribution < 1.29 is 9.53 Å². The number of carbonyl (C=O) groups is 1. The highest BCUT2D eigenvalue weighted by Gasteiger charge is 2.04. The number of ether oxygens (including phenoxy) is 1. The summed E-state index contributed by atoms with van der Waals surface area (Å²) in [5, 5.41) is 0. The summed E-state index contributed by atoms with van der Waals surface area (Å²) in [6.45, 7) is 2.09. The van der Waals surface area contributed by atoms with Crippen LogP contribution in [0.1, 0.15) is 21.5 Å². The van der Waals surface area contributed by atoms with E-state index in [2.05, 4.69) is 35.9 Å². The van der Waals surface area contributed by atoms with Gasteiger partial charge in [0.2, 0.25) is 0 Å². The summed E-state index contributed by atoms with van der Waals surface area (Å²) >= 11 is 1.79. The van der Waals surface area contributed by atoms with Crippen LogP contribution in [0.15, 0.2) is 53.4 Å². The molecule has 0 aliphatic rings. The Hall–Kier alpha value is -1.74. The molecule has 0 unspecified atom stereocenters. The monoisotopic (exact) mass is 272 g/mol. The van der Waals surface area contributed by atoms with Crippen molar-refractivity contribution in [1.82, 2.24) is 0 Å². The second-order valence-corrected chi connectivity index (χ2v) is 5.34. The van der Waals surface area contributed by atoms with Gasteiger partial charge in [0, 0.05) is 10.6 Å². The quantitative estimate of drug-likeness (QED) is 0.620. The molecule has 0 fully saturated rings. The molecule has 0 saturated carbocycles. The van der Waals surface area contributed by atoms with E-state index in [4.69, 9.17) is 0 Å². The Labute approximate surface area is 117 Å². The standard InChI is InChI=1S/C16H16O2S/c1-12-4-3-5-15(10-12)19-11-13-6-8-14(9-7-13)16(17)18-2/h3-10H,11H2,1-2H3. The number of esters is 1. The van der Waals surface area contributed by atoms with Crippen LogP contribution in [0.4, 0.5) is 0 Å². The van der Waals surface area contributed by atoms with Gasteiger partial charge < -0.3 is 4.74 Å². The van der Waals surface area contributed by atoms with Crippen LogP contribution in [-0.2, 0) is 10.5 Å². The second kappa shape index (κ2) is 6.43. The molecule has 0 N–H and O–H groups in total. The van der Waals surface area contributed by atoms with Gasteiger partial charge in [-0.05, 0) is 36.8 Å². The number of methoxy groups -OCH3 is 1. The molecule has 2 aromatic rings. The fraction of sp³-hybridized carbons (Fsp3) is 0.188. The van der Waals surface area contributed by atoms with Gasteiger partial charge in [-0.2, -0.15) is 0 Å². The predicted molar refractivity (Wildman–Crippen MR) is 78.5 cm³/mol. The zero-order chi connectivity index (χ0) is 13.7. The Morgan fingerprint density at radius 3 is 2.53 bits per heavy atom. The number of hydrogen-bond donors (Lipinski definition) is 0. The third-order valence-electron chi connectivity index (χ3n) is 2.77. The number of hydrogen-bond acceptors (Lipinski definition) is 3. The van der Waals surface area contributed by atoms with E-state index in [0.29, 0.717) is 5.56 Å². The van der Waals surface area contributed by atoms with Gasteiger partial charge in [-0.1, -0.05) is 29.8 Å². The molecule has 2 nitrogen and oxygen atoms in total. The van der Waals surface area contributed by atoms with Crippen molar-refractivity contribution in [1.29, 1.82) is 0 Å². The van der Waals surface area contributed by atoms with Gasteiger partial charge in [0.1, 0.15) is 0 Å². The zero-order valence-corrected chi connectivity index (χ0v) is 11.9. The number of aryl methyl sites for hydroxylation is 1. The first-order valence-corrected chi connectivity index (χ1v) is 7.04. The van der Waals surface area contributed by atoms with Gasteiger partial charge in [0.25, 0.3) is 0 Å². The largest absolute Gasteiger partial charge is 0.465 e. The van der Waals surface area contributed by atoms with Crippen LogP contribution < -0.4 is 0 Å². The summed E-state index contributed by atoms with van der Waals surface area (Å²) in [5.41, 5.74) is 3.05. The lowest BCUT2D eigenvalue weighted by Crippen LogP contribution is -2.00. The maximum absolute atomic E-state index is 11.3. The molecule has 0 spiro atoms. The van der Waals surface area contributed by atoms with Crippen molar-refractivity contribution >= 4 is 17.7 Å². The van der Waals surface area contributed by atoms with E-state index in [9.17, 15) is 4.79 Å². The number of thioether (sulfide) groups is 1. The van der Waals surface area contributed by atoms with Crippen LogP contribution in [0, 0.1) is 6.92 Å². The molecule has 19 heavy (non-hydrogen) atoms. The van der Waals surface area contributed by atoms with Crippen molar-refractivity contribution in [3.63, 3.8) is 0 Å². The van der Waals surface area contributed by atoms with Crippen molar-refractivity contribution in [2.75, 3.05) is 7.11 Å². The summed E-state index contributed by atoms with van der Waals surface area (Å²) in [6, 6.07) is 16.0. The molecule has 0 aliphatic carbocycles. The molecule has 0 amide bonds. The molecule has 2 aromatic carbocycles. The molecular formula is C16H16O2S. The first-order valence-electron chi connectivity index (χ1n) is 6.06. The van der Waals surface area contributed by atoms with Gasteiger partial charge in [0.05, 0.1) is 12.7 Å². The molecule has 0 atom stereocenters. The molecule has 3 heteroatoms. The molecule has 2 rings (SSSR count). The fourth-order valence-electron chi connectivity index (χ4n) is 1.73. The highest BCUT2D eigenvalue weighted by atomic mass is 32.2. The number of benzene rings is 2. The molecule has 0 bridgehead atoms. The minimum Gasteiger partial charge on any atom is -0.465 e. The lowest BCUT2D eigenvalue weighted by Gasteiger charge is -2.04. The van der Waals surface area contributed by atoms with E-state index in [-0.39, 0.29) is 5.97 Å². The Bertz CT molecular complexity index is 561. The maximum atomic E-state index is 11.3. The molecule has 0 saturated heterocycles. The summed E-state index contributed by atoms with van der Waals surface area (Å²) in [5.74, 6) is 0.600. The summed E-state index contributed by atoms with van der Waals surface area (Å²) in [7, 11) is 1.39. The summed E-state index contributed by atoms with van der Waals surface area (Å²) in [4.78, 5) is 12.6. The first-order chi connectivity index (χ1) is 9.19. The van der Waals surface area contributed by atoms with Crippen molar-refractivity contribution in [3.8, 4) is 0 Å². The summed E-state index contributed by atoms with van der Waals surface area (Å²) in [6.07, 6.45) is 0. The van der Waals surface area contributed by atoms with Crippen molar-refractivity contribution in [2.24, 2.45) is 0 Å². The van der Waals surface area contributed by atoms with E-state index in [1.54, 1.807) is 23.9 Å². The average Bonchev–Trinajstić information content (AvgIpc) is 2.45. The van der Waals surface area contributed by atoms with E-state index in [1.165, 1.54) is 23.1 Å². The minimum atomic E-state index is -0.294. The van der Waals surface area contributed by atoms with Crippen LogP contribution in [0.2, 0.25) is 0 Å². The molecule has 0 aliphatic heterocycles. The molecule has 0 radical (unpaired) electrons. The topological polar surface area (TPSA) is 26.3 Å². The van der Waals surface area contributed by atoms with E-state index in [1.807, 2.05) is 12.1 Å². The number of carbonyl (C=O) groups excluding carboxylic acids is 1. The van der Waals surface area contributed by atoms with Crippen LogP contribution in [0.3, 0.4) is 0 Å². The van der Waals surface area contributed by atoms with Crippen molar-refractivity contribution in [3.05, 3.63) is 65.2 Å². The lowest BCUT2D eigenvalue weighted by molar-refractivity contribution is 0.0600. The van der Waals surface area contributed by atoms with E-state index >= 15 is 0 Å². The maximum Gasteiger partial charge on any atom is 0.337 e. The third-order valence-corrected chi connectivity index (χ3v) is 3.84. The first kappa shape index (κ1) is 13.7. The Morgan fingerprint density at radius 2 is 1.89 bits per heavy atom. The second-order valence-electron chi connectivity index (χ2n) is 4.29. The van der Waals surface area contributed by atoms with Gasteiger partial charge in [0.15, 0.2) is 0 Å². The Kier molecular flexibility index (Phi) is 4.63. The fourth-order valence-corrected chi connectivity index (χ4v) is 2.70.